The van der Waals surface area contributed by atoms with E-state index >= 15 is 0 Å². The molecule has 0 unspecified atom stereocenters. The molecule has 1 saturated carbocycles. The maximum Gasteiger partial charge on any atom is 0.271 e. The van der Waals surface area contributed by atoms with E-state index in [4.69, 9.17) is 4.74 Å². The first-order valence-corrected chi connectivity index (χ1v) is 11.8. The van der Waals surface area contributed by atoms with Crippen LogP contribution in [0, 0.1) is 29.1 Å². The molecule has 178 valence electrons. The second kappa shape index (κ2) is 8.97. The summed E-state index contributed by atoms with van der Waals surface area (Å²) in [4.78, 5) is 47.9. The van der Waals surface area contributed by atoms with Crippen LogP contribution < -0.4 is 15.4 Å². The van der Waals surface area contributed by atoms with Gasteiger partial charge in [-0.3, -0.25) is 14.4 Å². The first-order valence-electron chi connectivity index (χ1n) is 11.8. The number of pyridine rings is 1. The maximum absolute atomic E-state index is 13.6. The molecule has 10 nitrogen and oxygen atoms in total. The lowest BCUT2D eigenvalue weighted by Gasteiger charge is -2.28. The molecular weight excluding hydrogens is 436 g/mol. The number of hydrogen-bond acceptors (Lipinski definition) is 6. The van der Waals surface area contributed by atoms with Crippen molar-refractivity contribution in [3.63, 3.8) is 0 Å². The smallest absolute Gasteiger partial charge is 0.271 e. The van der Waals surface area contributed by atoms with Crippen molar-refractivity contribution in [1.82, 2.24) is 25.5 Å². The number of amides is 3. The van der Waals surface area contributed by atoms with E-state index in [1.807, 2.05) is 0 Å². The van der Waals surface area contributed by atoms with Crippen molar-refractivity contribution in [3.05, 3.63) is 24.0 Å². The van der Waals surface area contributed by atoms with E-state index in [0.29, 0.717) is 36.5 Å². The molecule has 1 aliphatic carbocycles. The molecule has 5 rings (SSSR count). The van der Waals surface area contributed by atoms with Gasteiger partial charge in [-0.2, -0.15) is 5.26 Å². The number of fused-ring (bicyclic) bond motifs is 2. The van der Waals surface area contributed by atoms with Gasteiger partial charge in [0.2, 0.25) is 17.7 Å². The standard InChI is InChI=1S/C24H28N6O4/c1-34-23-17-10-19(29-18(17)6-8-27-23)24(33)30-12-14-3-2-4-16(14)20(30)22(32)28-15(11-25)9-13-5-7-26-21(13)31/h6,8,10,13-16,20,29H,2-5,7,9,12H2,1H3,(H,26,31)(H,28,32)/t13-,14-,15-,16-,20-/m0/s1. The van der Waals surface area contributed by atoms with E-state index in [0.717, 1.165) is 24.8 Å². The van der Waals surface area contributed by atoms with Crippen LogP contribution in [0.3, 0.4) is 0 Å². The summed E-state index contributed by atoms with van der Waals surface area (Å²) in [5, 5.41) is 15.9. The van der Waals surface area contributed by atoms with Crippen LogP contribution in [0.25, 0.3) is 10.9 Å². The minimum Gasteiger partial charge on any atom is -0.481 e. The van der Waals surface area contributed by atoms with Crippen molar-refractivity contribution in [2.75, 3.05) is 20.2 Å². The van der Waals surface area contributed by atoms with Gasteiger partial charge in [-0.15, -0.1) is 0 Å². The predicted molar refractivity (Wildman–Crippen MR) is 122 cm³/mol. The number of ether oxygens (including phenoxy) is 1. The van der Waals surface area contributed by atoms with Crippen LogP contribution >= 0.6 is 0 Å². The van der Waals surface area contributed by atoms with E-state index in [1.54, 1.807) is 23.2 Å². The number of H-pyrrole nitrogens is 1. The average molecular weight is 465 g/mol. The minimum atomic E-state index is -0.776. The molecule has 0 aromatic carbocycles. The maximum atomic E-state index is 13.6. The van der Waals surface area contributed by atoms with Gasteiger partial charge in [0.05, 0.1) is 24.1 Å². The van der Waals surface area contributed by atoms with Crippen LogP contribution in [0.5, 0.6) is 5.88 Å². The second-order valence-electron chi connectivity index (χ2n) is 9.42. The van der Waals surface area contributed by atoms with Crippen molar-refractivity contribution >= 4 is 28.6 Å². The molecule has 3 amide bonds. The second-order valence-corrected chi connectivity index (χ2v) is 9.42. The van der Waals surface area contributed by atoms with E-state index in [1.165, 1.54) is 7.11 Å². The number of carbonyl (C=O) groups is 3. The largest absolute Gasteiger partial charge is 0.481 e. The van der Waals surface area contributed by atoms with Crippen LogP contribution in [0.4, 0.5) is 0 Å². The molecule has 2 aromatic heterocycles. The van der Waals surface area contributed by atoms with Gasteiger partial charge in [0, 0.05) is 25.2 Å². The third-order valence-corrected chi connectivity index (χ3v) is 7.51. The van der Waals surface area contributed by atoms with Crippen LogP contribution in [-0.2, 0) is 9.59 Å². The van der Waals surface area contributed by atoms with Gasteiger partial charge < -0.3 is 25.3 Å². The Hall–Kier alpha value is -3.61. The highest BCUT2D eigenvalue weighted by molar-refractivity contribution is 6.01. The van der Waals surface area contributed by atoms with E-state index in [-0.39, 0.29) is 41.9 Å². The summed E-state index contributed by atoms with van der Waals surface area (Å²) in [6.07, 6.45) is 5.42. The minimum absolute atomic E-state index is 0.0682. The van der Waals surface area contributed by atoms with Gasteiger partial charge in [0.1, 0.15) is 17.8 Å². The average Bonchev–Trinajstić information content (AvgIpc) is 3.61. The van der Waals surface area contributed by atoms with Crippen molar-refractivity contribution in [2.24, 2.45) is 17.8 Å². The van der Waals surface area contributed by atoms with Crippen molar-refractivity contribution < 1.29 is 19.1 Å². The topological polar surface area (TPSA) is 140 Å². The molecular formula is C24H28N6O4. The van der Waals surface area contributed by atoms with Crippen LogP contribution in [0.15, 0.2) is 18.3 Å². The zero-order chi connectivity index (χ0) is 23.8. The molecule has 34 heavy (non-hydrogen) atoms. The molecule has 0 spiro atoms. The Kier molecular flexibility index (Phi) is 5.86. The Morgan fingerprint density at radius 3 is 2.97 bits per heavy atom. The molecule has 0 bridgehead atoms. The van der Waals surface area contributed by atoms with Crippen LogP contribution in [0.2, 0.25) is 0 Å². The van der Waals surface area contributed by atoms with Crippen LogP contribution in [-0.4, -0.2) is 64.9 Å². The lowest BCUT2D eigenvalue weighted by atomic mass is 9.92. The Morgan fingerprint density at radius 1 is 1.38 bits per heavy atom. The molecule has 3 fully saturated rings. The van der Waals surface area contributed by atoms with Gasteiger partial charge in [-0.1, -0.05) is 6.42 Å². The highest BCUT2D eigenvalue weighted by Crippen LogP contribution is 2.43. The molecule has 3 N–H and O–H groups in total. The summed E-state index contributed by atoms with van der Waals surface area (Å²) >= 11 is 0. The fourth-order valence-corrected chi connectivity index (χ4v) is 5.87. The summed E-state index contributed by atoms with van der Waals surface area (Å²) in [6.45, 7) is 1.10. The highest BCUT2D eigenvalue weighted by atomic mass is 16.5. The molecule has 2 aliphatic heterocycles. The molecule has 2 saturated heterocycles. The van der Waals surface area contributed by atoms with Gasteiger partial charge >= 0.3 is 0 Å². The van der Waals surface area contributed by atoms with E-state index in [2.05, 4.69) is 26.7 Å². The first-order chi connectivity index (χ1) is 16.5. The molecule has 3 aliphatic rings. The fraction of sp³-hybridized carbons (Fsp3) is 0.542. The number of hydrogen-bond donors (Lipinski definition) is 3. The van der Waals surface area contributed by atoms with Crippen LogP contribution in [0.1, 0.15) is 42.6 Å². The van der Waals surface area contributed by atoms with Gasteiger partial charge in [-0.05, 0) is 49.7 Å². The lowest BCUT2D eigenvalue weighted by Crippen LogP contribution is -2.51. The third-order valence-electron chi connectivity index (χ3n) is 7.51. The number of nitriles is 1. The summed E-state index contributed by atoms with van der Waals surface area (Å²) in [5.41, 5.74) is 1.11. The number of likely N-dealkylation sites (tertiary alicyclic amines) is 1. The Morgan fingerprint density at radius 2 is 2.24 bits per heavy atom. The number of rotatable bonds is 6. The molecule has 10 heteroatoms. The fourth-order valence-electron chi connectivity index (χ4n) is 5.87. The summed E-state index contributed by atoms with van der Waals surface area (Å²) < 4.78 is 5.30. The first kappa shape index (κ1) is 22.2. The van der Waals surface area contributed by atoms with Gasteiger partial charge in [0.15, 0.2) is 0 Å². The zero-order valence-electron chi connectivity index (χ0n) is 19.0. The molecule has 4 heterocycles. The predicted octanol–water partition coefficient (Wildman–Crippen LogP) is 1.35. The van der Waals surface area contributed by atoms with Crippen molar-refractivity contribution in [1.29, 1.82) is 5.26 Å². The number of methoxy groups -OCH3 is 1. The Bertz CT molecular complexity index is 1170. The lowest BCUT2D eigenvalue weighted by molar-refractivity contribution is -0.127. The highest BCUT2D eigenvalue weighted by Gasteiger charge is 2.50. The molecule has 2 aromatic rings. The van der Waals surface area contributed by atoms with E-state index < -0.39 is 12.1 Å². The number of aromatic amines is 1. The normalized spacial score (nSPS) is 26.7. The van der Waals surface area contributed by atoms with Crippen molar-refractivity contribution in [3.8, 4) is 11.9 Å². The Labute approximate surface area is 197 Å². The SMILES string of the molecule is COc1nccc2[nH]c(C(=O)N3C[C@@H]4CCC[C@@H]4[C@H]3C(=O)N[C@H](C#N)C[C@@H]3CCNC3=O)cc12. The van der Waals surface area contributed by atoms with Gasteiger partial charge in [-0.25, -0.2) is 4.98 Å². The monoisotopic (exact) mass is 464 g/mol. The number of nitrogens with zero attached hydrogens (tertiary/aromatic N) is 3. The quantitative estimate of drug-likeness (QED) is 0.589. The molecule has 5 atom stereocenters. The third kappa shape index (κ3) is 3.85. The molecule has 0 radical (unpaired) electrons. The van der Waals surface area contributed by atoms with E-state index in [9.17, 15) is 19.6 Å². The number of carbonyl (C=O) groups excluding carboxylic acids is 3. The summed E-state index contributed by atoms with van der Waals surface area (Å²) in [6, 6.07) is 4.20. The summed E-state index contributed by atoms with van der Waals surface area (Å²) in [7, 11) is 1.53. The zero-order valence-corrected chi connectivity index (χ0v) is 19.0. The number of nitrogens with one attached hydrogen (secondary N) is 3. The number of aromatic nitrogens is 2. The van der Waals surface area contributed by atoms with Gasteiger partial charge in [0.25, 0.3) is 5.91 Å². The van der Waals surface area contributed by atoms with Crippen molar-refractivity contribution in [2.45, 2.75) is 44.2 Å². The Balaban J connectivity index is 1.37. The summed E-state index contributed by atoms with van der Waals surface area (Å²) in [5.74, 6) is -0.167.